The molecule has 28 heavy (non-hydrogen) atoms. The summed E-state index contributed by atoms with van der Waals surface area (Å²) < 4.78 is 0. The lowest BCUT2D eigenvalue weighted by molar-refractivity contribution is 0.0956. The number of carbonyl (C=O) groups excluding carboxylic acids is 1. The minimum Gasteiger partial charge on any atom is -0.352 e. The van der Waals surface area contributed by atoms with Gasteiger partial charge >= 0.3 is 0 Å². The first-order chi connectivity index (χ1) is 13.7. The highest BCUT2D eigenvalue weighted by molar-refractivity contribution is 6.31. The Hall–Kier alpha value is -3.24. The number of nitrogens with one attached hydrogen (secondary N) is 1. The molecule has 0 aliphatic rings. The number of aromatic nitrogens is 2. The molecule has 4 nitrogen and oxygen atoms in total. The Kier molecular flexibility index (Phi) is 5.31. The molecule has 0 aliphatic heterocycles. The first-order valence-corrected chi connectivity index (χ1v) is 9.42. The molecule has 0 bridgehead atoms. The Morgan fingerprint density at radius 1 is 1.00 bits per heavy atom. The van der Waals surface area contributed by atoms with Gasteiger partial charge in [-0.05, 0) is 42.3 Å². The van der Waals surface area contributed by atoms with Crippen molar-refractivity contribution in [1.82, 2.24) is 15.3 Å². The summed E-state index contributed by atoms with van der Waals surface area (Å²) in [7, 11) is 0. The topological polar surface area (TPSA) is 54.9 Å². The van der Waals surface area contributed by atoms with Gasteiger partial charge in [0.25, 0.3) is 5.91 Å². The Balaban J connectivity index is 1.61. The van der Waals surface area contributed by atoms with Crippen LogP contribution in [0, 0.1) is 0 Å². The molecular weight excluding hydrogens is 370 g/mol. The largest absolute Gasteiger partial charge is 0.352 e. The number of hydrogen-bond donors (Lipinski definition) is 1. The SMILES string of the molecule is O=C(NCCc1ccccc1Cl)c1cc(-c2cccnc2)nc2ccccc12. The van der Waals surface area contributed by atoms with Gasteiger partial charge in [-0.15, -0.1) is 0 Å². The molecule has 0 saturated heterocycles. The summed E-state index contributed by atoms with van der Waals surface area (Å²) in [5.74, 6) is -0.129. The Labute approximate surface area is 168 Å². The van der Waals surface area contributed by atoms with Gasteiger partial charge in [-0.1, -0.05) is 48.0 Å². The average Bonchev–Trinajstić information content (AvgIpc) is 2.75. The molecule has 0 unspecified atom stereocenters. The maximum Gasteiger partial charge on any atom is 0.252 e. The van der Waals surface area contributed by atoms with E-state index in [0.717, 1.165) is 27.7 Å². The lowest BCUT2D eigenvalue weighted by Gasteiger charge is -2.11. The molecule has 2 aromatic carbocycles. The van der Waals surface area contributed by atoms with Gasteiger partial charge in [0, 0.05) is 34.9 Å². The normalized spacial score (nSPS) is 10.8. The minimum absolute atomic E-state index is 0.129. The number of halogens is 1. The van der Waals surface area contributed by atoms with Crippen molar-refractivity contribution in [2.75, 3.05) is 6.54 Å². The van der Waals surface area contributed by atoms with Crippen LogP contribution >= 0.6 is 11.6 Å². The standard InChI is InChI=1S/C23H18ClN3O/c24-20-9-3-1-6-16(20)11-13-26-23(28)19-14-22(17-7-5-12-25-15-17)27-21-10-4-2-8-18(19)21/h1-10,12,14-15H,11,13H2,(H,26,28). The molecule has 2 heterocycles. The number of nitrogens with zero attached hydrogens (tertiary/aromatic N) is 2. The fourth-order valence-corrected chi connectivity index (χ4v) is 3.36. The van der Waals surface area contributed by atoms with Crippen LogP contribution in [0.1, 0.15) is 15.9 Å². The second-order valence-electron chi connectivity index (χ2n) is 6.41. The number of carbonyl (C=O) groups is 1. The highest BCUT2D eigenvalue weighted by atomic mass is 35.5. The van der Waals surface area contributed by atoms with Crippen molar-refractivity contribution >= 4 is 28.4 Å². The molecule has 2 aromatic heterocycles. The molecule has 1 amide bonds. The van der Waals surface area contributed by atoms with Crippen LogP contribution in [0.5, 0.6) is 0 Å². The quantitative estimate of drug-likeness (QED) is 0.528. The smallest absolute Gasteiger partial charge is 0.252 e. The third-order valence-corrected chi connectivity index (χ3v) is 4.92. The minimum atomic E-state index is -0.129. The van der Waals surface area contributed by atoms with Crippen molar-refractivity contribution in [2.45, 2.75) is 6.42 Å². The molecule has 138 valence electrons. The first kappa shape index (κ1) is 18.1. The van der Waals surface area contributed by atoms with Crippen LogP contribution in [0.25, 0.3) is 22.2 Å². The number of amides is 1. The average molecular weight is 388 g/mol. The van der Waals surface area contributed by atoms with Crippen molar-refractivity contribution in [3.63, 3.8) is 0 Å². The lowest BCUT2D eigenvalue weighted by atomic mass is 10.0. The molecule has 0 fully saturated rings. The molecule has 4 aromatic rings. The molecule has 0 atom stereocenters. The van der Waals surface area contributed by atoms with E-state index in [2.05, 4.69) is 10.3 Å². The van der Waals surface area contributed by atoms with E-state index in [1.165, 1.54) is 0 Å². The summed E-state index contributed by atoms with van der Waals surface area (Å²) >= 11 is 6.20. The number of pyridine rings is 2. The van der Waals surface area contributed by atoms with Gasteiger partial charge in [0.1, 0.15) is 0 Å². The summed E-state index contributed by atoms with van der Waals surface area (Å²) in [5.41, 5.74) is 3.99. The highest BCUT2D eigenvalue weighted by Crippen LogP contribution is 2.24. The van der Waals surface area contributed by atoms with Crippen LogP contribution in [0.15, 0.2) is 79.1 Å². The van der Waals surface area contributed by atoms with E-state index in [4.69, 9.17) is 16.6 Å². The number of hydrogen-bond acceptors (Lipinski definition) is 3. The zero-order valence-corrected chi connectivity index (χ0v) is 15.9. The maximum atomic E-state index is 12.9. The predicted octanol–water partition coefficient (Wildman–Crippen LogP) is 4.92. The number of rotatable bonds is 5. The van der Waals surface area contributed by atoms with E-state index in [0.29, 0.717) is 23.6 Å². The first-order valence-electron chi connectivity index (χ1n) is 9.04. The second-order valence-corrected chi connectivity index (χ2v) is 6.82. The van der Waals surface area contributed by atoms with E-state index in [9.17, 15) is 4.79 Å². The number of benzene rings is 2. The Morgan fingerprint density at radius 2 is 1.82 bits per heavy atom. The van der Waals surface area contributed by atoms with Gasteiger partial charge in [0.05, 0.1) is 16.8 Å². The van der Waals surface area contributed by atoms with Crippen LogP contribution in [-0.2, 0) is 6.42 Å². The zero-order chi connectivity index (χ0) is 19.3. The third-order valence-electron chi connectivity index (χ3n) is 4.56. The molecule has 5 heteroatoms. The van der Waals surface area contributed by atoms with Gasteiger partial charge in [-0.2, -0.15) is 0 Å². The van der Waals surface area contributed by atoms with Crippen molar-refractivity contribution < 1.29 is 4.79 Å². The van der Waals surface area contributed by atoms with Crippen LogP contribution in [0.2, 0.25) is 5.02 Å². The van der Waals surface area contributed by atoms with E-state index in [-0.39, 0.29) is 5.91 Å². The van der Waals surface area contributed by atoms with E-state index in [1.54, 1.807) is 12.4 Å². The zero-order valence-electron chi connectivity index (χ0n) is 15.1. The molecule has 1 N–H and O–H groups in total. The Morgan fingerprint density at radius 3 is 2.64 bits per heavy atom. The maximum absolute atomic E-state index is 12.9. The van der Waals surface area contributed by atoms with Crippen LogP contribution < -0.4 is 5.32 Å². The number of fused-ring (bicyclic) bond motifs is 1. The van der Waals surface area contributed by atoms with E-state index >= 15 is 0 Å². The summed E-state index contributed by atoms with van der Waals surface area (Å²) in [6.07, 6.45) is 4.13. The van der Waals surface area contributed by atoms with E-state index in [1.807, 2.05) is 66.7 Å². The van der Waals surface area contributed by atoms with Gasteiger partial charge in [-0.25, -0.2) is 4.98 Å². The van der Waals surface area contributed by atoms with Crippen LogP contribution in [0.4, 0.5) is 0 Å². The molecule has 0 saturated carbocycles. The number of para-hydroxylation sites is 1. The summed E-state index contributed by atoms with van der Waals surface area (Å²) in [6, 6.07) is 20.9. The third kappa shape index (κ3) is 3.87. The van der Waals surface area contributed by atoms with Crippen LogP contribution in [0.3, 0.4) is 0 Å². The second kappa shape index (κ2) is 8.19. The summed E-state index contributed by atoms with van der Waals surface area (Å²) in [4.78, 5) is 21.8. The van der Waals surface area contributed by atoms with Crippen molar-refractivity contribution in [1.29, 1.82) is 0 Å². The van der Waals surface area contributed by atoms with Crippen LogP contribution in [-0.4, -0.2) is 22.4 Å². The lowest BCUT2D eigenvalue weighted by Crippen LogP contribution is -2.26. The summed E-state index contributed by atoms with van der Waals surface area (Å²) in [6.45, 7) is 0.501. The molecule has 4 rings (SSSR count). The Bertz CT molecular complexity index is 1130. The van der Waals surface area contributed by atoms with Gasteiger partial charge < -0.3 is 5.32 Å². The fraction of sp³-hybridized carbons (Fsp3) is 0.0870. The molecular formula is C23H18ClN3O. The van der Waals surface area contributed by atoms with E-state index < -0.39 is 0 Å². The van der Waals surface area contributed by atoms with Crippen molar-refractivity contribution in [3.8, 4) is 11.3 Å². The molecule has 0 aliphatic carbocycles. The highest BCUT2D eigenvalue weighted by Gasteiger charge is 2.14. The molecule has 0 radical (unpaired) electrons. The fourth-order valence-electron chi connectivity index (χ4n) is 3.13. The van der Waals surface area contributed by atoms with Crippen molar-refractivity contribution in [2.24, 2.45) is 0 Å². The van der Waals surface area contributed by atoms with Gasteiger partial charge in [-0.3, -0.25) is 9.78 Å². The molecule has 0 spiro atoms. The monoisotopic (exact) mass is 387 g/mol. The van der Waals surface area contributed by atoms with Crippen molar-refractivity contribution in [3.05, 3.63) is 95.3 Å². The predicted molar refractivity (Wildman–Crippen MR) is 112 cm³/mol. The summed E-state index contributed by atoms with van der Waals surface area (Å²) in [5, 5.41) is 4.54. The van der Waals surface area contributed by atoms with Gasteiger partial charge in [0.2, 0.25) is 0 Å². The van der Waals surface area contributed by atoms with Gasteiger partial charge in [0.15, 0.2) is 0 Å².